The molecule has 1 aliphatic rings. The highest BCUT2D eigenvalue weighted by molar-refractivity contribution is 6.61. The van der Waals surface area contributed by atoms with Crippen LogP contribution >= 0.6 is 0 Å². The third-order valence-corrected chi connectivity index (χ3v) is 3.70. The van der Waals surface area contributed by atoms with Crippen molar-refractivity contribution in [3.63, 3.8) is 0 Å². The Morgan fingerprint density at radius 2 is 2.17 bits per heavy atom. The molecule has 3 rings (SSSR count). The molecule has 0 bridgehead atoms. The van der Waals surface area contributed by atoms with Crippen LogP contribution in [0.5, 0.6) is 0 Å². The summed E-state index contributed by atoms with van der Waals surface area (Å²) < 4.78 is 5.09. The lowest BCUT2D eigenvalue weighted by molar-refractivity contribution is -0.111. The van der Waals surface area contributed by atoms with Crippen molar-refractivity contribution in [3.8, 4) is 0 Å². The average molecular weight is 327 g/mol. The zero-order chi connectivity index (χ0) is 17.3. The number of amides is 1. The first-order chi connectivity index (χ1) is 11.4. The van der Waals surface area contributed by atoms with Crippen LogP contribution in [0.2, 0.25) is 0 Å². The normalized spacial score (nSPS) is 13.3. The number of fused-ring (bicyclic) bond motifs is 1. The smallest absolute Gasteiger partial charge is 0.423 e. The summed E-state index contributed by atoms with van der Waals surface area (Å²) in [4.78, 5) is 39.3. The number of rotatable bonds is 3. The summed E-state index contributed by atoms with van der Waals surface area (Å²) in [5.41, 5.74) is 1.40. The second-order valence-electron chi connectivity index (χ2n) is 5.35. The number of H-pyrrole nitrogens is 2. The van der Waals surface area contributed by atoms with E-state index in [0.29, 0.717) is 23.3 Å². The number of benzene rings is 1. The van der Waals surface area contributed by atoms with Gasteiger partial charge in [-0.25, -0.2) is 4.79 Å². The van der Waals surface area contributed by atoms with E-state index >= 15 is 0 Å². The molecule has 1 aromatic heterocycles. The molecule has 1 amide bonds. The highest BCUT2D eigenvalue weighted by Crippen LogP contribution is 2.14. The van der Waals surface area contributed by atoms with Crippen molar-refractivity contribution in [3.05, 3.63) is 61.9 Å². The number of carbonyl (C=O) groups excluding carboxylic acids is 1. The number of aromatic amines is 2. The average Bonchev–Trinajstić information content (AvgIpc) is 2.90. The Morgan fingerprint density at radius 3 is 2.96 bits per heavy atom. The lowest BCUT2D eigenvalue weighted by Crippen LogP contribution is -2.28. The van der Waals surface area contributed by atoms with Gasteiger partial charge in [-0.3, -0.25) is 14.6 Å². The Kier molecular flexibility index (Phi) is 4.19. The maximum absolute atomic E-state index is 12.0. The highest BCUT2D eigenvalue weighted by atomic mass is 16.5. The fraction of sp³-hybridized carbons (Fsp3) is 0.133. The zero-order valence-corrected chi connectivity index (χ0v) is 12.8. The first-order valence-electron chi connectivity index (χ1n) is 7.19. The lowest BCUT2D eigenvalue weighted by Gasteiger charge is -2.05. The van der Waals surface area contributed by atoms with Gasteiger partial charge in [0.1, 0.15) is 0 Å². The molecule has 2 aromatic rings. The van der Waals surface area contributed by atoms with Gasteiger partial charge in [-0.2, -0.15) is 0 Å². The van der Waals surface area contributed by atoms with Crippen molar-refractivity contribution >= 4 is 30.3 Å². The van der Waals surface area contributed by atoms with Crippen LogP contribution in [0, 0.1) is 6.92 Å². The first kappa shape index (κ1) is 16.0. The van der Waals surface area contributed by atoms with Crippen LogP contribution in [-0.2, 0) is 16.1 Å². The number of carbonyl (C=O) groups is 1. The van der Waals surface area contributed by atoms with Crippen molar-refractivity contribution < 1.29 is 14.5 Å². The topological polar surface area (TPSA) is 124 Å². The number of anilines is 1. The molecular weight excluding hydrogens is 313 g/mol. The predicted molar refractivity (Wildman–Crippen MR) is 88.9 cm³/mol. The van der Waals surface area contributed by atoms with Gasteiger partial charge in [0.15, 0.2) is 0 Å². The van der Waals surface area contributed by atoms with E-state index in [1.807, 2.05) is 0 Å². The Bertz CT molecular complexity index is 947. The third-order valence-electron chi connectivity index (χ3n) is 3.70. The van der Waals surface area contributed by atoms with Crippen molar-refractivity contribution in [1.82, 2.24) is 9.97 Å². The molecule has 0 radical (unpaired) electrons. The van der Waals surface area contributed by atoms with Crippen LogP contribution < -0.4 is 22.0 Å². The van der Waals surface area contributed by atoms with Gasteiger partial charge in [-0.1, -0.05) is 6.07 Å². The van der Waals surface area contributed by atoms with Crippen LogP contribution in [-0.4, -0.2) is 28.0 Å². The first-order valence-corrected chi connectivity index (χ1v) is 7.19. The summed E-state index contributed by atoms with van der Waals surface area (Å²) >= 11 is 0. The monoisotopic (exact) mass is 327 g/mol. The molecule has 0 atom stereocenters. The lowest BCUT2D eigenvalue weighted by atomic mass is 9.79. The molecular formula is C15H14BN3O5. The molecule has 0 aliphatic carbocycles. The largest absolute Gasteiger partial charge is 0.491 e. The Hall–Kier alpha value is -2.91. The Labute approximate surface area is 136 Å². The van der Waals surface area contributed by atoms with Gasteiger partial charge in [0, 0.05) is 17.3 Å². The maximum Gasteiger partial charge on any atom is 0.491 e. The van der Waals surface area contributed by atoms with E-state index in [2.05, 4.69) is 15.3 Å². The van der Waals surface area contributed by atoms with Crippen LogP contribution in [0.4, 0.5) is 5.69 Å². The van der Waals surface area contributed by atoms with E-state index in [1.54, 1.807) is 18.2 Å². The minimum absolute atomic E-state index is 0.261. The summed E-state index contributed by atoms with van der Waals surface area (Å²) in [6.45, 7) is 1.87. The summed E-state index contributed by atoms with van der Waals surface area (Å²) in [6.07, 6.45) is 2.56. The van der Waals surface area contributed by atoms with Gasteiger partial charge in [-0.15, -0.1) is 0 Å². The van der Waals surface area contributed by atoms with Gasteiger partial charge in [0.25, 0.3) is 5.56 Å². The summed E-state index contributed by atoms with van der Waals surface area (Å²) in [6, 6.07) is 5.11. The molecule has 24 heavy (non-hydrogen) atoms. The molecule has 0 fully saturated rings. The zero-order valence-electron chi connectivity index (χ0n) is 12.8. The van der Waals surface area contributed by atoms with Crippen LogP contribution in [0.25, 0.3) is 6.08 Å². The van der Waals surface area contributed by atoms with Gasteiger partial charge < -0.3 is 20.0 Å². The van der Waals surface area contributed by atoms with Crippen molar-refractivity contribution in [2.24, 2.45) is 0 Å². The van der Waals surface area contributed by atoms with Gasteiger partial charge in [0.05, 0.1) is 12.3 Å². The van der Waals surface area contributed by atoms with Crippen LogP contribution in [0.1, 0.15) is 16.8 Å². The molecule has 1 aromatic carbocycles. The van der Waals surface area contributed by atoms with E-state index in [0.717, 1.165) is 5.56 Å². The van der Waals surface area contributed by atoms with E-state index < -0.39 is 24.3 Å². The molecule has 2 heterocycles. The quantitative estimate of drug-likeness (QED) is 0.436. The molecule has 4 N–H and O–H groups in total. The molecule has 1 aliphatic heterocycles. The molecule has 0 saturated carbocycles. The third kappa shape index (κ3) is 3.22. The van der Waals surface area contributed by atoms with E-state index in [-0.39, 0.29) is 5.69 Å². The predicted octanol–water partition coefficient (Wildman–Crippen LogP) is -0.759. The van der Waals surface area contributed by atoms with Gasteiger partial charge >= 0.3 is 12.8 Å². The molecule has 9 heteroatoms. The fourth-order valence-corrected chi connectivity index (χ4v) is 2.37. The SMILES string of the molecule is Cc1c(/C=C/C(=O)Nc2ccc3c(c2)B(O)OC3)[nH]c(=O)[nH]c1=O. The minimum atomic E-state index is -0.990. The molecule has 0 saturated heterocycles. The minimum Gasteiger partial charge on any atom is -0.423 e. The Balaban J connectivity index is 1.76. The molecule has 8 nitrogen and oxygen atoms in total. The van der Waals surface area contributed by atoms with Crippen LogP contribution in [0.3, 0.4) is 0 Å². The second-order valence-corrected chi connectivity index (χ2v) is 5.35. The molecule has 0 spiro atoms. The summed E-state index contributed by atoms with van der Waals surface area (Å²) in [7, 11) is -0.990. The van der Waals surface area contributed by atoms with E-state index in [1.165, 1.54) is 19.1 Å². The molecule has 0 unspecified atom stereocenters. The number of aromatic nitrogens is 2. The summed E-state index contributed by atoms with van der Waals surface area (Å²) in [5.74, 6) is -0.441. The number of hydrogen-bond donors (Lipinski definition) is 4. The summed E-state index contributed by atoms with van der Waals surface area (Å²) in [5, 5.41) is 12.3. The van der Waals surface area contributed by atoms with Crippen molar-refractivity contribution in [1.29, 1.82) is 0 Å². The van der Waals surface area contributed by atoms with Crippen molar-refractivity contribution in [2.45, 2.75) is 13.5 Å². The fourth-order valence-electron chi connectivity index (χ4n) is 2.37. The standard InChI is InChI=1S/C15H14BN3O5/c1-8-12(18-15(22)19-14(8)21)4-5-13(20)17-10-3-2-9-7-24-16(23)11(9)6-10/h2-6,23H,7H2,1H3,(H,17,20)(H2,18,19,21,22)/b5-4+. The maximum atomic E-state index is 12.0. The van der Waals surface area contributed by atoms with E-state index in [9.17, 15) is 19.4 Å². The highest BCUT2D eigenvalue weighted by Gasteiger charge is 2.27. The number of hydrogen-bond acceptors (Lipinski definition) is 5. The van der Waals surface area contributed by atoms with Gasteiger partial charge in [0.2, 0.25) is 5.91 Å². The van der Waals surface area contributed by atoms with Crippen LogP contribution in [0.15, 0.2) is 33.9 Å². The Morgan fingerprint density at radius 1 is 1.38 bits per heavy atom. The van der Waals surface area contributed by atoms with Crippen molar-refractivity contribution in [2.75, 3.05) is 5.32 Å². The van der Waals surface area contributed by atoms with E-state index in [4.69, 9.17) is 4.65 Å². The second kappa shape index (κ2) is 6.30. The molecule has 122 valence electrons. The number of nitrogens with one attached hydrogen (secondary N) is 3. The van der Waals surface area contributed by atoms with Gasteiger partial charge in [-0.05, 0) is 36.2 Å².